The number of nitro groups is 1. The van der Waals surface area contributed by atoms with E-state index < -0.39 is 11.0 Å². The van der Waals surface area contributed by atoms with Crippen molar-refractivity contribution in [3.63, 3.8) is 0 Å². The van der Waals surface area contributed by atoms with E-state index in [1.54, 1.807) is 19.1 Å². The van der Waals surface area contributed by atoms with Gasteiger partial charge in [-0.05, 0) is 19.4 Å². The van der Waals surface area contributed by atoms with Gasteiger partial charge in [-0.1, -0.05) is 6.07 Å². The Balaban J connectivity index is 1.61. The first kappa shape index (κ1) is 14.9. The van der Waals surface area contributed by atoms with E-state index in [1.807, 2.05) is 4.57 Å². The number of carbonyl (C=O) groups excluding carboxylic acids is 1. The number of urea groups is 1. The van der Waals surface area contributed by atoms with Crippen molar-refractivity contribution in [3.05, 3.63) is 45.5 Å². The zero-order valence-electron chi connectivity index (χ0n) is 12.6. The van der Waals surface area contributed by atoms with Crippen LogP contribution < -0.4 is 10.6 Å². The van der Waals surface area contributed by atoms with Gasteiger partial charge in [0.25, 0.3) is 5.69 Å². The van der Waals surface area contributed by atoms with Gasteiger partial charge < -0.3 is 15.2 Å². The highest BCUT2D eigenvalue weighted by Gasteiger charge is 2.17. The number of fused-ring (bicyclic) bond motifs is 1. The van der Waals surface area contributed by atoms with Crippen LogP contribution in [-0.4, -0.2) is 25.7 Å². The topological polar surface area (TPSA) is 115 Å². The van der Waals surface area contributed by atoms with Crippen LogP contribution in [0.15, 0.2) is 18.2 Å². The number of benzene rings is 1. The number of amides is 2. The minimum atomic E-state index is -0.474. The number of nitro benzene ring substituents is 1. The lowest BCUT2D eigenvalue weighted by atomic mass is 10.2. The maximum Gasteiger partial charge on any atom is 0.319 e. The molecule has 0 spiro atoms. The zero-order chi connectivity index (χ0) is 16.4. The van der Waals surface area contributed by atoms with E-state index in [9.17, 15) is 14.9 Å². The average Bonchev–Trinajstić information content (AvgIpc) is 3.10. The molecule has 0 saturated carbocycles. The van der Waals surface area contributed by atoms with Gasteiger partial charge in [-0.3, -0.25) is 10.1 Å². The molecule has 0 aliphatic carbocycles. The van der Waals surface area contributed by atoms with Crippen LogP contribution in [0.3, 0.4) is 0 Å². The molecule has 2 amide bonds. The molecule has 2 N–H and O–H groups in total. The van der Waals surface area contributed by atoms with Crippen molar-refractivity contribution in [1.29, 1.82) is 0 Å². The highest BCUT2D eigenvalue weighted by Crippen LogP contribution is 2.22. The van der Waals surface area contributed by atoms with Crippen molar-refractivity contribution in [2.75, 3.05) is 5.32 Å². The van der Waals surface area contributed by atoms with Crippen LogP contribution in [0.5, 0.6) is 0 Å². The Hall–Kier alpha value is -2.97. The Kier molecular flexibility index (Phi) is 3.92. The predicted molar refractivity (Wildman–Crippen MR) is 82.0 cm³/mol. The summed E-state index contributed by atoms with van der Waals surface area (Å²) in [5, 5.41) is 24.3. The Morgan fingerprint density at radius 3 is 3.04 bits per heavy atom. The maximum absolute atomic E-state index is 11.9. The number of hydrogen-bond donors (Lipinski definition) is 2. The van der Waals surface area contributed by atoms with E-state index >= 15 is 0 Å². The highest BCUT2D eigenvalue weighted by atomic mass is 16.6. The standard InChI is InChI=1S/C14H16N6O3/c1-9-4-5-10(7-11(9)20(22)23)16-14(21)15-8-13-18-17-12-3-2-6-19(12)13/h4-5,7H,2-3,6,8H2,1H3,(H2,15,16,21). The first-order chi connectivity index (χ1) is 11.0. The van der Waals surface area contributed by atoms with Crippen LogP contribution in [0.2, 0.25) is 0 Å². The average molecular weight is 316 g/mol. The van der Waals surface area contributed by atoms with E-state index in [1.165, 1.54) is 6.07 Å². The second kappa shape index (κ2) is 6.03. The van der Waals surface area contributed by atoms with Gasteiger partial charge in [0.15, 0.2) is 5.82 Å². The van der Waals surface area contributed by atoms with Gasteiger partial charge in [0.1, 0.15) is 5.82 Å². The second-order valence-electron chi connectivity index (χ2n) is 5.35. The van der Waals surface area contributed by atoms with Crippen molar-refractivity contribution < 1.29 is 9.72 Å². The van der Waals surface area contributed by atoms with Crippen molar-refractivity contribution in [2.45, 2.75) is 32.9 Å². The minimum absolute atomic E-state index is 0.0296. The molecule has 0 bridgehead atoms. The number of rotatable bonds is 4. The molecule has 0 atom stereocenters. The number of anilines is 1. The third-order valence-electron chi connectivity index (χ3n) is 3.76. The molecule has 2 heterocycles. The number of nitrogens with one attached hydrogen (secondary N) is 2. The molecule has 9 nitrogen and oxygen atoms in total. The third kappa shape index (κ3) is 3.12. The molecule has 0 unspecified atom stereocenters. The lowest BCUT2D eigenvalue weighted by Gasteiger charge is -2.08. The van der Waals surface area contributed by atoms with E-state index in [4.69, 9.17) is 0 Å². The van der Waals surface area contributed by atoms with Gasteiger partial charge in [-0.25, -0.2) is 4.79 Å². The molecule has 1 aromatic heterocycles. The van der Waals surface area contributed by atoms with Crippen LogP contribution >= 0.6 is 0 Å². The minimum Gasteiger partial charge on any atom is -0.331 e. The lowest BCUT2D eigenvalue weighted by molar-refractivity contribution is -0.385. The summed E-state index contributed by atoms with van der Waals surface area (Å²) in [5.41, 5.74) is 0.879. The van der Waals surface area contributed by atoms with Crippen LogP contribution in [0, 0.1) is 17.0 Å². The fraction of sp³-hybridized carbons (Fsp3) is 0.357. The van der Waals surface area contributed by atoms with Crippen LogP contribution in [-0.2, 0) is 19.5 Å². The monoisotopic (exact) mass is 316 g/mol. The first-order valence-corrected chi connectivity index (χ1v) is 7.25. The van der Waals surface area contributed by atoms with Gasteiger partial charge in [0.2, 0.25) is 0 Å². The molecule has 0 fully saturated rings. The number of hydrogen-bond acceptors (Lipinski definition) is 5. The molecular formula is C14H16N6O3. The summed E-state index contributed by atoms with van der Waals surface area (Å²) >= 11 is 0. The zero-order valence-corrected chi connectivity index (χ0v) is 12.6. The number of aromatic nitrogens is 3. The first-order valence-electron chi connectivity index (χ1n) is 7.25. The van der Waals surface area contributed by atoms with Crippen LogP contribution in [0.25, 0.3) is 0 Å². The third-order valence-corrected chi connectivity index (χ3v) is 3.76. The summed E-state index contributed by atoms with van der Waals surface area (Å²) in [6.07, 6.45) is 1.95. The maximum atomic E-state index is 11.9. The quantitative estimate of drug-likeness (QED) is 0.659. The van der Waals surface area contributed by atoms with E-state index in [-0.39, 0.29) is 12.2 Å². The second-order valence-corrected chi connectivity index (χ2v) is 5.35. The molecule has 23 heavy (non-hydrogen) atoms. The summed E-state index contributed by atoms with van der Waals surface area (Å²) in [6.45, 7) is 2.77. The summed E-state index contributed by atoms with van der Waals surface area (Å²) in [6, 6.07) is 4.11. The summed E-state index contributed by atoms with van der Waals surface area (Å²) in [5.74, 6) is 1.65. The molecule has 120 valence electrons. The number of aryl methyl sites for hydroxylation is 2. The SMILES string of the molecule is Cc1ccc(NC(=O)NCc2nnc3n2CCC3)cc1[N+](=O)[O-]. The Labute approximate surface area is 131 Å². The van der Waals surface area contributed by atoms with Crippen molar-refractivity contribution >= 4 is 17.4 Å². The highest BCUT2D eigenvalue weighted by molar-refractivity contribution is 5.89. The molecule has 0 saturated heterocycles. The smallest absolute Gasteiger partial charge is 0.319 e. The Morgan fingerprint density at radius 1 is 1.43 bits per heavy atom. The Bertz CT molecular complexity index is 770. The van der Waals surface area contributed by atoms with Gasteiger partial charge in [0, 0.05) is 30.3 Å². The van der Waals surface area contributed by atoms with E-state index in [0.29, 0.717) is 17.1 Å². The lowest BCUT2D eigenvalue weighted by Crippen LogP contribution is -2.29. The van der Waals surface area contributed by atoms with E-state index in [2.05, 4.69) is 20.8 Å². The summed E-state index contributed by atoms with van der Waals surface area (Å²) < 4.78 is 2.00. The van der Waals surface area contributed by atoms with Gasteiger partial charge >= 0.3 is 6.03 Å². The van der Waals surface area contributed by atoms with Crippen molar-refractivity contribution in [3.8, 4) is 0 Å². The molecule has 9 heteroatoms. The molecule has 0 radical (unpaired) electrons. The predicted octanol–water partition coefficient (Wildman–Crippen LogP) is 1.76. The summed E-state index contributed by atoms with van der Waals surface area (Å²) in [7, 11) is 0. The fourth-order valence-electron chi connectivity index (χ4n) is 2.56. The van der Waals surface area contributed by atoms with Crippen LogP contribution in [0.1, 0.15) is 23.6 Å². The molecule has 1 aliphatic rings. The fourth-order valence-corrected chi connectivity index (χ4v) is 2.56. The molecule has 3 rings (SSSR count). The normalized spacial score (nSPS) is 12.7. The Morgan fingerprint density at radius 2 is 2.26 bits per heavy atom. The van der Waals surface area contributed by atoms with Crippen LogP contribution in [0.4, 0.5) is 16.2 Å². The molecule has 1 aromatic carbocycles. The van der Waals surface area contributed by atoms with Crippen molar-refractivity contribution in [2.24, 2.45) is 0 Å². The summed E-state index contributed by atoms with van der Waals surface area (Å²) in [4.78, 5) is 22.4. The molecule has 2 aromatic rings. The molecular weight excluding hydrogens is 300 g/mol. The van der Waals surface area contributed by atoms with Gasteiger partial charge in [0.05, 0.1) is 11.5 Å². The number of carbonyl (C=O) groups is 1. The number of nitrogens with zero attached hydrogens (tertiary/aromatic N) is 4. The largest absolute Gasteiger partial charge is 0.331 e. The van der Waals surface area contributed by atoms with Crippen molar-refractivity contribution in [1.82, 2.24) is 20.1 Å². The van der Waals surface area contributed by atoms with Gasteiger partial charge in [-0.2, -0.15) is 0 Å². The van der Waals surface area contributed by atoms with Gasteiger partial charge in [-0.15, -0.1) is 10.2 Å². The molecule has 1 aliphatic heterocycles. The van der Waals surface area contributed by atoms with E-state index in [0.717, 1.165) is 25.2 Å².